The Kier molecular flexibility index (Phi) is 7.33. The Balaban J connectivity index is 0.00000132. The van der Waals surface area contributed by atoms with Crippen molar-refractivity contribution in [3.8, 4) is 11.3 Å². The van der Waals surface area contributed by atoms with Gasteiger partial charge in [0.15, 0.2) is 0 Å². The van der Waals surface area contributed by atoms with Crippen molar-refractivity contribution < 1.29 is 58.2 Å². The fourth-order valence-corrected chi connectivity index (χ4v) is 2.52. The molecule has 0 spiro atoms. The summed E-state index contributed by atoms with van der Waals surface area (Å²) in [5, 5.41) is 0.974. The summed E-state index contributed by atoms with van der Waals surface area (Å²) in [6.45, 7) is 10.6. The van der Waals surface area contributed by atoms with E-state index < -0.39 is 0 Å². The number of fused-ring (bicyclic) bond motifs is 1. The predicted octanol–water partition coefficient (Wildman–Crippen LogP) is 5.52. The molecule has 0 unspecified atom stereocenters. The Morgan fingerprint density at radius 2 is 1.48 bits per heavy atom. The van der Waals surface area contributed by atoms with Crippen molar-refractivity contribution in [1.82, 2.24) is 0 Å². The molecule has 0 aliphatic heterocycles. The number of hydrogen-bond acceptors (Lipinski definition) is 0. The molecule has 3 rings (SSSR count). The third-order valence-corrected chi connectivity index (χ3v) is 4.28. The van der Waals surface area contributed by atoms with Crippen LogP contribution in [0.3, 0.4) is 0 Å². The van der Waals surface area contributed by atoms with E-state index in [1.54, 1.807) is 0 Å². The molecule has 0 saturated carbocycles. The minimum absolute atomic E-state index is 0. The third kappa shape index (κ3) is 4.19. The van der Waals surface area contributed by atoms with Crippen molar-refractivity contribution in [1.29, 1.82) is 0 Å². The maximum Gasteiger partial charge on any atom is 0.231 e. The van der Waals surface area contributed by atoms with Crippen LogP contribution in [0.5, 0.6) is 0 Å². The van der Waals surface area contributed by atoms with Gasteiger partial charge in [-0.3, -0.25) is 4.42 Å². The molecule has 0 aliphatic carbocycles. The van der Waals surface area contributed by atoms with Crippen molar-refractivity contribution in [2.45, 2.75) is 34.6 Å². The van der Waals surface area contributed by atoms with Gasteiger partial charge in [0.1, 0.15) is 0 Å². The molecule has 0 saturated heterocycles. The van der Waals surface area contributed by atoms with E-state index in [1.165, 1.54) is 22.3 Å². The Morgan fingerprint density at radius 3 is 2.09 bits per heavy atom. The van der Waals surface area contributed by atoms with E-state index >= 15 is 0 Å². The second kappa shape index (κ2) is 8.15. The van der Waals surface area contributed by atoms with Crippen LogP contribution in [0.1, 0.15) is 27.8 Å². The van der Waals surface area contributed by atoms with Crippen LogP contribution in [0.2, 0.25) is 0 Å². The standard InChI is InChI=1S/C20H19O.W.Y/c1-12-8-17-6-7-19(21-20(17)11-13(12)2)18-9-14(3)16(5)15(4)10-18;;/h6,9-11H,1-5H3;;/q-1;;. The summed E-state index contributed by atoms with van der Waals surface area (Å²) in [6, 6.07) is 15.0. The molecule has 0 atom stereocenters. The minimum atomic E-state index is 0. The second-order valence-electron chi connectivity index (χ2n) is 5.81. The fourth-order valence-electron chi connectivity index (χ4n) is 2.52. The predicted molar refractivity (Wildman–Crippen MR) is 87.4 cm³/mol. The summed E-state index contributed by atoms with van der Waals surface area (Å²) in [5.41, 5.74) is 8.18. The molecule has 3 aromatic rings. The molecule has 1 nitrogen and oxygen atoms in total. The van der Waals surface area contributed by atoms with Crippen LogP contribution in [0.15, 0.2) is 28.7 Å². The monoisotopic (exact) mass is 548 g/mol. The first kappa shape index (κ1) is 20.7. The number of hydrogen-bond donors (Lipinski definition) is 0. The van der Waals surface area contributed by atoms with E-state index in [-0.39, 0.29) is 53.8 Å². The van der Waals surface area contributed by atoms with Gasteiger partial charge in [0.25, 0.3) is 0 Å². The van der Waals surface area contributed by atoms with E-state index in [9.17, 15) is 0 Å². The summed E-state index contributed by atoms with van der Waals surface area (Å²) < 4.78 is 6.05. The smallest absolute Gasteiger partial charge is 0.231 e. The average Bonchev–Trinajstić information content (AvgIpc) is 2.45. The maximum absolute atomic E-state index is 6.05. The van der Waals surface area contributed by atoms with Crippen molar-refractivity contribution >= 4 is 11.0 Å². The topological polar surface area (TPSA) is 11.3 Å². The summed E-state index contributed by atoms with van der Waals surface area (Å²) in [5.74, 6) is 0.783. The van der Waals surface area contributed by atoms with Gasteiger partial charge in [-0.15, -0.1) is 22.6 Å². The first-order valence-corrected chi connectivity index (χ1v) is 7.22. The van der Waals surface area contributed by atoms with Gasteiger partial charge in [0, 0.05) is 53.8 Å². The molecule has 0 fully saturated rings. The number of rotatable bonds is 1. The Labute approximate surface area is 178 Å². The van der Waals surface area contributed by atoms with Gasteiger partial charge in [-0.2, -0.15) is 6.07 Å². The Bertz CT molecular complexity index is 833. The van der Waals surface area contributed by atoms with E-state index in [0.29, 0.717) is 0 Å². The molecule has 3 heteroatoms. The Hall–Kier alpha value is -0.358. The maximum atomic E-state index is 6.05. The minimum Gasteiger partial charge on any atom is -0.294 e. The molecule has 1 heterocycles. The first-order chi connectivity index (χ1) is 9.95. The molecule has 0 amide bonds. The second-order valence-corrected chi connectivity index (χ2v) is 5.81. The van der Waals surface area contributed by atoms with Crippen LogP contribution in [0, 0.1) is 46.8 Å². The quantitative estimate of drug-likeness (QED) is 0.288. The average molecular weight is 548 g/mol. The first-order valence-electron chi connectivity index (χ1n) is 7.22. The van der Waals surface area contributed by atoms with Crippen molar-refractivity contribution in [2.75, 3.05) is 0 Å². The van der Waals surface area contributed by atoms with Crippen molar-refractivity contribution in [3.63, 3.8) is 0 Å². The van der Waals surface area contributed by atoms with Gasteiger partial charge >= 0.3 is 0 Å². The zero-order valence-electron chi connectivity index (χ0n) is 14.2. The molecule has 0 N–H and O–H groups in total. The molecular formula is C20H19OWY-. The number of benzene rings is 2. The third-order valence-electron chi connectivity index (χ3n) is 4.28. The van der Waals surface area contributed by atoms with Gasteiger partial charge in [0.2, 0.25) is 11.3 Å². The summed E-state index contributed by atoms with van der Waals surface area (Å²) in [7, 11) is 0. The molecular weight excluding hydrogens is 529 g/mol. The molecule has 0 bridgehead atoms. The van der Waals surface area contributed by atoms with Crippen LogP contribution in [0.4, 0.5) is 0 Å². The van der Waals surface area contributed by atoms with E-state index in [2.05, 4.69) is 65.0 Å². The van der Waals surface area contributed by atoms with Crippen LogP contribution >= 0.6 is 0 Å². The molecule has 1 radical (unpaired) electrons. The van der Waals surface area contributed by atoms with E-state index in [0.717, 1.165) is 27.9 Å². The fraction of sp³-hybridized carbons (Fsp3) is 0.250. The summed E-state index contributed by atoms with van der Waals surface area (Å²) in [6.07, 6.45) is 0. The van der Waals surface area contributed by atoms with Crippen LogP contribution in [-0.4, -0.2) is 0 Å². The Morgan fingerprint density at radius 1 is 0.870 bits per heavy atom. The summed E-state index contributed by atoms with van der Waals surface area (Å²) >= 11 is 0. The molecule has 115 valence electrons. The van der Waals surface area contributed by atoms with Crippen LogP contribution in [-0.2, 0) is 53.8 Å². The SMILES string of the molecule is Cc1[c-]c2c[c-]c(-c3cc(C)c(C)c(C)c3)[o+]c2cc1C.[W].[Y]. The van der Waals surface area contributed by atoms with Gasteiger partial charge in [-0.1, -0.05) is 43.2 Å². The number of aryl methyl sites for hydroxylation is 4. The van der Waals surface area contributed by atoms with E-state index in [4.69, 9.17) is 4.42 Å². The van der Waals surface area contributed by atoms with Gasteiger partial charge in [-0.05, 0) is 31.9 Å². The normalized spacial score (nSPS) is 10.1. The zero-order valence-corrected chi connectivity index (χ0v) is 20.0. The van der Waals surface area contributed by atoms with Gasteiger partial charge in [-0.25, -0.2) is 6.07 Å². The molecule has 1 aromatic heterocycles. The van der Waals surface area contributed by atoms with Crippen LogP contribution in [0.25, 0.3) is 22.3 Å². The van der Waals surface area contributed by atoms with Crippen molar-refractivity contribution in [2.24, 2.45) is 0 Å². The van der Waals surface area contributed by atoms with E-state index in [1.807, 2.05) is 6.07 Å². The van der Waals surface area contributed by atoms with Gasteiger partial charge in [0.05, 0.1) is 0 Å². The zero-order chi connectivity index (χ0) is 15.1. The molecule has 0 aliphatic rings. The van der Waals surface area contributed by atoms with Crippen molar-refractivity contribution in [3.05, 3.63) is 64.2 Å². The molecule has 23 heavy (non-hydrogen) atoms. The van der Waals surface area contributed by atoms with Gasteiger partial charge < -0.3 is 0 Å². The van der Waals surface area contributed by atoms with Crippen LogP contribution < -0.4 is 0 Å². The molecule has 2 aromatic carbocycles. The largest absolute Gasteiger partial charge is 0.294 e. The summed E-state index contributed by atoms with van der Waals surface area (Å²) in [4.78, 5) is 0.